The van der Waals surface area contributed by atoms with Crippen LogP contribution in [-0.4, -0.2) is 67.9 Å². The molecule has 5 nitrogen and oxygen atoms in total. The van der Waals surface area contributed by atoms with Crippen LogP contribution in [-0.2, 0) is 0 Å². The zero-order valence-electron chi connectivity index (χ0n) is 14.2. The van der Waals surface area contributed by atoms with Crippen molar-refractivity contribution in [2.24, 2.45) is 5.73 Å². The number of ether oxygens (including phenoxy) is 1. The number of hydrogen-bond acceptors (Lipinski definition) is 5. The molecule has 0 spiro atoms. The molecule has 22 heavy (non-hydrogen) atoms. The topological polar surface area (TPSA) is 62.0 Å². The molecule has 0 aliphatic carbocycles. The molecular weight excluding hydrogens is 278 g/mol. The average molecular weight is 309 g/mol. The Bertz CT molecular complexity index is 393. The van der Waals surface area contributed by atoms with Crippen molar-refractivity contribution >= 4 is 0 Å². The maximum absolute atomic E-state index is 9.05. The SMILES string of the molecule is CCN(CC)CCOc1ccc(C(CN)N(C)CCO)cc1. The normalized spacial score (nSPS) is 12.9. The van der Waals surface area contributed by atoms with Crippen molar-refractivity contribution in [3.63, 3.8) is 0 Å². The minimum Gasteiger partial charge on any atom is -0.492 e. The zero-order chi connectivity index (χ0) is 16.4. The third-order valence-corrected chi connectivity index (χ3v) is 4.04. The maximum Gasteiger partial charge on any atom is 0.119 e. The van der Waals surface area contributed by atoms with Crippen LogP contribution in [0.25, 0.3) is 0 Å². The second kappa shape index (κ2) is 10.6. The number of aliphatic hydroxyl groups is 1. The first-order chi connectivity index (χ1) is 10.7. The van der Waals surface area contributed by atoms with Crippen LogP contribution in [0.5, 0.6) is 5.75 Å². The molecule has 3 N–H and O–H groups in total. The molecule has 0 aromatic heterocycles. The third kappa shape index (κ3) is 5.93. The van der Waals surface area contributed by atoms with Gasteiger partial charge < -0.3 is 20.5 Å². The number of benzene rings is 1. The van der Waals surface area contributed by atoms with Gasteiger partial charge in [0, 0.05) is 25.7 Å². The fraction of sp³-hybridized carbons (Fsp3) is 0.647. The largest absolute Gasteiger partial charge is 0.492 e. The molecule has 0 bridgehead atoms. The summed E-state index contributed by atoms with van der Waals surface area (Å²) in [6.45, 7) is 9.35. The average Bonchev–Trinajstić information content (AvgIpc) is 2.54. The van der Waals surface area contributed by atoms with Crippen LogP contribution in [0.15, 0.2) is 24.3 Å². The summed E-state index contributed by atoms with van der Waals surface area (Å²) in [4.78, 5) is 4.40. The van der Waals surface area contributed by atoms with Gasteiger partial charge in [-0.3, -0.25) is 4.90 Å². The summed E-state index contributed by atoms with van der Waals surface area (Å²) in [5.41, 5.74) is 7.01. The Hall–Kier alpha value is -1.14. The molecule has 0 fully saturated rings. The van der Waals surface area contributed by atoms with Crippen LogP contribution in [0.3, 0.4) is 0 Å². The molecule has 126 valence electrons. The number of hydrogen-bond donors (Lipinski definition) is 2. The summed E-state index contributed by atoms with van der Waals surface area (Å²) in [5.74, 6) is 0.886. The van der Waals surface area contributed by atoms with E-state index >= 15 is 0 Å². The van der Waals surface area contributed by atoms with Crippen LogP contribution in [0, 0.1) is 0 Å². The smallest absolute Gasteiger partial charge is 0.119 e. The van der Waals surface area contributed by atoms with Crippen LogP contribution < -0.4 is 10.5 Å². The molecule has 0 radical (unpaired) electrons. The highest BCUT2D eigenvalue weighted by Gasteiger charge is 2.14. The highest BCUT2D eigenvalue weighted by Crippen LogP contribution is 2.21. The molecule has 1 aromatic carbocycles. The molecule has 1 rings (SSSR count). The number of nitrogens with zero attached hydrogens (tertiary/aromatic N) is 2. The second-order valence-electron chi connectivity index (χ2n) is 5.40. The van der Waals surface area contributed by atoms with Crippen molar-refractivity contribution in [2.75, 3.05) is 53.0 Å². The zero-order valence-corrected chi connectivity index (χ0v) is 14.2. The van der Waals surface area contributed by atoms with Gasteiger partial charge in [-0.2, -0.15) is 0 Å². The van der Waals surface area contributed by atoms with Gasteiger partial charge in [0.05, 0.1) is 6.61 Å². The monoisotopic (exact) mass is 309 g/mol. The molecular formula is C17H31N3O2. The minimum absolute atomic E-state index is 0.122. The molecule has 1 aromatic rings. The quantitative estimate of drug-likeness (QED) is 0.646. The number of nitrogens with two attached hydrogens (primary N) is 1. The van der Waals surface area contributed by atoms with E-state index in [-0.39, 0.29) is 12.6 Å². The molecule has 0 aliphatic heterocycles. The summed E-state index contributed by atoms with van der Waals surface area (Å²) >= 11 is 0. The van der Waals surface area contributed by atoms with Crippen LogP contribution in [0.2, 0.25) is 0 Å². The van der Waals surface area contributed by atoms with E-state index in [1.165, 1.54) is 0 Å². The van der Waals surface area contributed by atoms with E-state index in [0.717, 1.165) is 30.9 Å². The van der Waals surface area contributed by atoms with Gasteiger partial charge in [-0.05, 0) is 37.8 Å². The van der Waals surface area contributed by atoms with Gasteiger partial charge >= 0.3 is 0 Å². The third-order valence-electron chi connectivity index (χ3n) is 4.04. The highest BCUT2D eigenvalue weighted by atomic mass is 16.5. The van der Waals surface area contributed by atoms with Crippen LogP contribution >= 0.6 is 0 Å². The van der Waals surface area contributed by atoms with Crippen LogP contribution in [0.1, 0.15) is 25.5 Å². The fourth-order valence-electron chi connectivity index (χ4n) is 2.50. The second-order valence-corrected chi connectivity index (χ2v) is 5.40. The van der Waals surface area contributed by atoms with E-state index in [4.69, 9.17) is 15.6 Å². The van der Waals surface area contributed by atoms with Crippen molar-refractivity contribution in [2.45, 2.75) is 19.9 Å². The van der Waals surface area contributed by atoms with Gasteiger partial charge in [-0.15, -0.1) is 0 Å². The Kier molecular flexibility index (Phi) is 9.08. The Morgan fingerprint density at radius 3 is 2.27 bits per heavy atom. The lowest BCUT2D eigenvalue weighted by molar-refractivity contribution is 0.183. The lowest BCUT2D eigenvalue weighted by Crippen LogP contribution is -2.32. The van der Waals surface area contributed by atoms with Crippen molar-refractivity contribution in [3.8, 4) is 5.75 Å². The van der Waals surface area contributed by atoms with E-state index < -0.39 is 0 Å². The van der Waals surface area contributed by atoms with Gasteiger partial charge in [-0.25, -0.2) is 0 Å². The Balaban J connectivity index is 2.54. The fourth-order valence-corrected chi connectivity index (χ4v) is 2.50. The standard InChI is InChI=1S/C17H31N3O2/c1-4-20(5-2)11-13-22-16-8-6-15(7-9-16)17(14-18)19(3)10-12-21/h6-9,17,21H,4-5,10-14,18H2,1-3H3. The van der Waals surface area contributed by atoms with Crippen LogP contribution in [0.4, 0.5) is 0 Å². The molecule has 1 atom stereocenters. The molecule has 0 saturated heterocycles. The Morgan fingerprint density at radius 1 is 1.14 bits per heavy atom. The molecule has 5 heteroatoms. The summed E-state index contributed by atoms with van der Waals surface area (Å²) in [5, 5.41) is 9.05. The summed E-state index contributed by atoms with van der Waals surface area (Å²) < 4.78 is 5.79. The lowest BCUT2D eigenvalue weighted by atomic mass is 10.1. The highest BCUT2D eigenvalue weighted by molar-refractivity contribution is 5.29. The molecule has 1 unspecified atom stereocenters. The van der Waals surface area contributed by atoms with E-state index in [9.17, 15) is 0 Å². The first kappa shape index (κ1) is 18.9. The van der Waals surface area contributed by atoms with Gasteiger partial charge in [0.15, 0.2) is 0 Å². The Labute approximate surface area is 134 Å². The summed E-state index contributed by atoms with van der Waals surface area (Å²) in [6, 6.07) is 8.22. The predicted molar refractivity (Wildman–Crippen MR) is 91.2 cm³/mol. The van der Waals surface area contributed by atoms with E-state index in [1.807, 2.05) is 19.2 Å². The van der Waals surface area contributed by atoms with Gasteiger partial charge in [-0.1, -0.05) is 26.0 Å². The Morgan fingerprint density at radius 2 is 1.77 bits per heavy atom. The predicted octanol–water partition coefficient (Wildman–Crippen LogP) is 1.33. The molecule has 0 aliphatic rings. The summed E-state index contributed by atoms with van der Waals surface area (Å²) in [6.07, 6.45) is 0. The van der Waals surface area contributed by atoms with E-state index in [2.05, 4.69) is 35.8 Å². The van der Waals surface area contributed by atoms with Crippen molar-refractivity contribution in [3.05, 3.63) is 29.8 Å². The van der Waals surface area contributed by atoms with Crippen molar-refractivity contribution in [1.29, 1.82) is 0 Å². The molecule has 0 saturated carbocycles. The number of aliphatic hydroxyl groups excluding tert-OH is 1. The number of rotatable bonds is 11. The number of likely N-dealkylation sites (N-methyl/N-ethyl adjacent to an activating group) is 2. The maximum atomic E-state index is 9.05. The van der Waals surface area contributed by atoms with E-state index in [1.54, 1.807) is 0 Å². The van der Waals surface area contributed by atoms with E-state index in [0.29, 0.717) is 19.7 Å². The lowest BCUT2D eigenvalue weighted by Gasteiger charge is -2.26. The van der Waals surface area contributed by atoms with Gasteiger partial charge in [0.25, 0.3) is 0 Å². The molecule has 0 amide bonds. The van der Waals surface area contributed by atoms with Crippen molar-refractivity contribution < 1.29 is 9.84 Å². The first-order valence-electron chi connectivity index (χ1n) is 8.12. The van der Waals surface area contributed by atoms with Gasteiger partial charge in [0.1, 0.15) is 12.4 Å². The van der Waals surface area contributed by atoms with Crippen molar-refractivity contribution in [1.82, 2.24) is 9.80 Å². The van der Waals surface area contributed by atoms with Gasteiger partial charge in [0.2, 0.25) is 0 Å². The molecule has 0 heterocycles. The minimum atomic E-state index is 0.122. The summed E-state index contributed by atoms with van der Waals surface area (Å²) in [7, 11) is 1.97. The first-order valence-corrected chi connectivity index (χ1v) is 8.12.